The van der Waals surface area contributed by atoms with Gasteiger partial charge in [0, 0.05) is 80.1 Å². The Balaban J connectivity index is 0.000000156. The van der Waals surface area contributed by atoms with Gasteiger partial charge in [-0.25, -0.2) is 14.8 Å². The van der Waals surface area contributed by atoms with Crippen LogP contribution in [0.4, 0.5) is 23.0 Å². The largest absolute Gasteiger partial charge is 0.457 e. The van der Waals surface area contributed by atoms with Gasteiger partial charge < -0.3 is 39.2 Å². The summed E-state index contributed by atoms with van der Waals surface area (Å²) in [6.07, 6.45) is 8.33. The monoisotopic (exact) mass is 1020 g/mol. The number of ketones is 1. The van der Waals surface area contributed by atoms with Gasteiger partial charge in [0.1, 0.15) is 40.4 Å². The Bertz CT molecular complexity index is 3100. The van der Waals surface area contributed by atoms with E-state index in [1.54, 1.807) is 36.5 Å². The van der Waals surface area contributed by atoms with Crippen molar-refractivity contribution in [2.24, 2.45) is 4.99 Å². The number of isocyanates is 1. The highest BCUT2D eigenvalue weighted by Crippen LogP contribution is 2.28. The zero-order valence-electron chi connectivity index (χ0n) is 40.1. The molecule has 6 aromatic carbocycles. The smallest absolute Gasteiger partial charge is 0.240 e. The van der Waals surface area contributed by atoms with Gasteiger partial charge in [0.25, 0.3) is 0 Å². The van der Waals surface area contributed by atoms with Crippen molar-refractivity contribution in [1.29, 1.82) is 0 Å². The first-order valence-electron chi connectivity index (χ1n) is 23.9. The van der Waals surface area contributed by atoms with Crippen molar-refractivity contribution in [1.82, 2.24) is 19.9 Å². The Morgan fingerprint density at radius 2 is 1.04 bits per heavy atom. The van der Waals surface area contributed by atoms with Gasteiger partial charge in [0.05, 0.1) is 66.6 Å². The number of aliphatic imine (C=N–C) groups is 1. The lowest BCUT2D eigenvalue weighted by Gasteiger charge is -2.27. The number of fused-ring (bicyclic) bond motifs is 2. The number of hydrogen-bond donors (Lipinski definition) is 1. The maximum atomic E-state index is 12.4. The molecule has 15 nitrogen and oxygen atoms in total. The molecule has 3 aliphatic heterocycles. The van der Waals surface area contributed by atoms with Crippen molar-refractivity contribution in [3.63, 3.8) is 0 Å². The van der Waals surface area contributed by atoms with Gasteiger partial charge in [-0.2, -0.15) is 4.99 Å². The molecule has 8 aromatic rings. The zero-order valence-corrected chi connectivity index (χ0v) is 41.6. The number of rotatable bonds is 11. The number of morpholine rings is 2. The third-order valence-corrected chi connectivity index (χ3v) is 11.9. The van der Waals surface area contributed by atoms with E-state index in [0.717, 1.165) is 109 Å². The summed E-state index contributed by atoms with van der Waals surface area (Å²) in [5, 5.41) is 1.21. The van der Waals surface area contributed by atoms with Crippen molar-refractivity contribution < 1.29 is 33.3 Å². The van der Waals surface area contributed by atoms with Gasteiger partial charge in [0.15, 0.2) is 0 Å². The molecule has 11 rings (SSSR count). The lowest BCUT2D eigenvalue weighted by molar-refractivity contribution is -0.117. The first-order valence-corrected chi connectivity index (χ1v) is 24.6. The Kier molecular flexibility index (Phi) is 19.0. The number of nitrogen functional groups attached to an aromatic ring is 1. The summed E-state index contributed by atoms with van der Waals surface area (Å²) in [6.45, 7) is 8.13. The number of hydrogen-bond acceptors (Lipinski definition) is 15. The van der Waals surface area contributed by atoms with E-state index in [9.17, 15) is 9.59 Å². The molecule has 73 heavy (non-hydrogen) atoms. The highest BCUT2D eigenvalue weighted by molar-refractivity contribution is 6.31. The van der Waals surface area contributed by atoms with E-state index in [2.05, 4.69) is 24.8 Å². The van der Waals surface area contributed by atoms with Crippen LogP contribution in [0.2, 0.25) is 10.0 Å². The van der Waals surface area contributed by atoms with E-state index in [-0.39, 0.29) is 5.78 Å². The van der Waals surface area contributed by atoms with Crippen LogP contribution >= 0.6 is 23.2 Å². The van der Waals surface area contributed by atoms with Gasteiger partial charge in [-0.1, -0.05) is 53.5 Å². The predicted molar refractivity (Wildman–Crippen MR) is 286 cm³/mol. The molecule has 0 bridgehead atoms. The molecule has 0 aliphatic carbocycles. The summed E-state index contributed by atoms with van der Waals surface area (Å²) in [7, 11) is 0. The number of carbonyl (C=O) groups excluding carboxylic acids is 2. The first-order chi connectivity index (χ1) is 35.7. The number of nitrogens with zero attached hydrogens (tertiary/aromatic N) is 7. The van der Waals surface area contributed by atoms with Gasteiger partial charge in [-0.05, 0) is 115 Å². The van der Waals surface area contributed by atoms with Crippen LogP contribution in [-0.2, 0) is 36.6 Å². The molecule has 3 aliphatic rings. The highest BCUT2D eigenvalue weighted by atomic mass is 35.5. The molecule has 5 heterocycles. The standard InChI is InChI=1S/C27H24ClN3O3.C18H18N4O2.C7H4ClNO.C4H8O/c28-21-3-1-2-20(14-21)16-22(32)15-19-4-6-23(7-5-19)34-24-8-9-25-26(17-24)30-27(18-29-25)31-10-12-33-13-11-31;19-13-1-3-14(4-2-13)24-15-5-6-16-17(11-15)21-18(12-20-16)22-7-9-23-10-8-22;8-6-2-1-3-7(4-6)9-5-10;1-2-4-5-3-1/h1-9,14,17-18H,10-13,15-16H2;1-6,11-12H,7-10,19H2;1-4H;1-4H2. The summed E-state index contributed by atoms with van der Waals surface area (Å²) >= 11 is 11.6. The molecule has 2 N–H and O–H groups in total. The van der Waals surface area contributed by atoms with Crippen LogP contribution in [0, 0.1) is 0 Å². The third kappa shape index (κ3) is 16.3. The number of ether oxygens (including phenoxy) is 5. The van der Waals surface area contributed by atoms with Crippen LogP contribution in [0.5, 0.6) is 23.0 Å². The summed E-state index contributed by atoms with van der Waals surface area (Å²) in [4.78, 5) is 48.5. The van der Waals surface area contributed by atoms with Gasteiger partial charge in [-0.3, -0.25) is 14.8 Å². The Morgan fingerprint density at radius 1 is 0.562 bits per heavy atom. The predicted octanol–water partition coefficient (Wildman–Crippen LogP) is 11.2. The minimum absolute atomic E-state index is 0.139. The number of carbonyl (C=O) groups is 1. The minimum Gasteiger partial charge on any atom is -0.457 e. The van der Waals surface area contributed by atoms with Crippen molar-refractivity contribution in [2.75, 3.05) is 81.4 Å². The van der Waals surface area contributed by atoms with Gasteiger partial charge in [0.2, 0.25) is 6.08 Å². The molecule has 0 radical (unpaired) electrons. The molecule has 17 heteroatoms. The van der Waals surface area contributed by atoms with Crippen LogP contribution in [0.15, 0.2) is 151 Å². The Labute approximate surface area is 433 Å². The fourth-order valence-corrected chi connectivity index (χ4v) is 8.13. The average molecular weight is 1020 g/mol. The normalized spacial score (nSPS) is 14.1. The lowest BCUT2D eigenvalue weighted by Crippen LogP contribution is -2.36. The number of anilines is 3. The highest BCUT2D eigenvalue weighted by Gasteiger charge is 2.16. The fraction of sp³-hybridized carbons (Fsp3) is 0.250. The SMILES string of the molecule is C1CCOC1.Nc1ccc(Oc2ccc3ncc(N4CCOCC4)nc3c2)cc1.O=C(Cc1ccc(Oc2ccc3ncc(N4CCOCC4)nc3c2)cc1)Cc1cccc(Cl)c1.O=C=Nc1cccc(Cl)c1. The van der Waals surface area contributed by atoms with Crippen LogP contribution in [-0.4, -0.2) is 97.6 Å². The molecular weight excluding hydrogens is 968 g/mol. The van der Waals surface area contributed by atoms with E-state index in [1.165, 1.54) is 18.9 Å². The number of benzene rings is 6. The lowest BCUT2D eigenvalue weighted by atomic mass is 10.0. The van der Waals surface area contributed by atoms with E-state index in [0.29, 0.717) is 59.0 Å². The second kappa shape index (κ2) is 26.8. The quantitative estimate of drug-likeness (QED) is 0.0735. The summed E-state index contributed by atoms with van der Waals surface area (Å²) in [5.74, 6) is 4.70. The van der Waals surface area contributed by atoms with Crippen LogP contribution < -0.4 is 25.0 Å². The van der Waals surface area contributed by atoms with Crippen molar-refractivity contribution in [3.05, 3.63) is 167 Å². The molecule has 0 amide bonds. The molecule has 0 spiro atoms. The number of aromatic nitrogens is 4. The van der Waals surface area contributed by atoms with E-state index in [4.69, 9.17) is 62.6 Å². The van der Waals surface area contributed by atoms with E-state index >= 15 is 0 Å². The van der Waals surface area contributed by atoms with Crippen molar-refractivity contribution >= 4 is 80.1 Å². The zero-order chi connectivity index (χ0) is 50.6. The molecule has 0 unspecified atom stereocenters. The van der Waals surface area contributed by atoms with Gasteiger partial charge in [-0.15, -0.1) is 0 Å². The molecule has 2 aromatic heterocycles. The van der Waals surface area contributed by atoms with Crippen LogP contribution in [0.1, 0.15) is 24.0 Å². The third-order valence-electron chi connectivity index (χ3n) is 11.4. The number of Topliss-reactive ketones (excluding diaryl/α,β-unsaturated/α-hetero) is 1. The van der Waals surface area contributed by atoms with E-state index in [1.807, 2.05) is 109 Å². The maximum absolute atomic E-state index is 12.4. The second-order valence-electron chi connectivity index (χ2n) is 16.9. The second-order valence-corrected chi connectivity index (χ2v) is 17.8. The van der Waals surface area contributed by atoms with E-state index < -0.39 is 0 Å². The molecular formula is C56H54Cl2N8O7. The number of nitrogens with two attached hydrogens (primary N) is 1. The number of halogens is 2. The maximum Gasteiger partial charge on any atom is 0.240 e. The van der Waals surface area contributed by atoms with Crippen LogP contribution in [0.25, 0.3) is 22.1 Å². The molecule has 3 saturated heterocycles. The molecule has 374 valence electrons. The van der Waals surface area contributed by atoms with Gasteiger partial charge >= 0.3 is 0 Å². The first kappa shape index (κ1) is 51.9. The fourth-order valence-electron chi connectivity index (χ4n) is 7.74. The molecule has 3 fully saturated rings. The van der Waals surface area contributed by atoms with Crippen LogP contribution in [0.3, 0.4) is 0 Å². The van der Waals surface area contributed by atoms with Crippen molar-refractivity contribution in [2.45, 2.75) is 25.7 Å². The summed E-state index contributed by atoms with van der Waals surface area (Å²) < 4.78 is 27.7. The average Bonchev–Trinajstić information content (AvgIpc) is 4.02. The summed E-state index contributed by atoms with van der Waals surface area (Å²) in [5.41, 5.74) is 12.1. The Hall–Kier alpha value is -7.49. The minimum atomic E-state index is 0.139. The molecule has 0 atom stereocenters. The van der Waals surface area contributed by atoms with Crippen molar-refractivity contribution in [3.8, 4) is 23.0 Å². The molecule has 0 saturated carbocycles. The summed E-state index contributed by atoms with van der Waals surface area (Å²) in [6, 6.07) is 40.4. The Morgan fingerprint density at radius 3 is 1.53 bits per heavy atom. The topological polar surface area (TPSA) is 177 Å².